The molecule has 0 saturated heterocycles. The maximum Gasteiger partial charge on any atom is 2.00 e. The molecular weight excluding hydrogens is 310 g/mol. The van der Waals surface area contributed by atoms with Gasteiger partial charge in [0.15, 0.2) is 0 Å². The van der Waals surface area contributed by atoms with Crippen molar-refractivity contribution in [3.8, 4) is 0 Å². The van der Waals surface area contributed by atoms with Gasteiger partial charge in [-0.2, -0.15) is 0 Å². The van der Waals surface area contributed by atoms with Crippen LogP contribution in [0.5, 0.6) is 0 Å². The van der Waals surface area contributed by atoms with E-state index in [2.05, 4.69) is 9.47 Å². The molecule has 0 aliphatic rings. The third-order valence-electron chi connectivity index (χ3n) is 0.515. The maximum absolute atomic E-state index is 9.26. The van der Waals surface area contributed by atoms with E-state index in [1.54, 1.807) is 0 Å². The predicted molar refractivity (Wildman–Crippen MR) is 49.5 cm³/mol. The maximum atomic E-state index is 9.26. The second kappa shape index (κ2) is 29.4. The van der Waals surface area contributed by atoms with Crippen molar-refractivity contribution in [2.75, 3.05) is 14.2 Å². The zero-order valence-electron chi connectivity index (χ0n) is 9.05. The summed E-state index contributed by atoms with van der Waals surface area (Å²) in [5.74, 6) is 0. The van der Waals surface area contributed by atoms with Gasteiger partial charge >= 0.3 is 37.1 Å². The SMILES string of the molecule is COC([NH-])=O.COC([NH-])=O.O=[C-]C[C-]=O.[V+2].[V+2]. The molecule has 0 rings (SSSR count). The number of amides is 2. The van der Waals surface area contributed by atoms with Crippen LogP contribution in [0.25, 0.3) is 11.5 Å². The summed E-state index contributed by atoms with van der Waals surface area (Å²) in [6.07, 6.45) is 0.475. The zero-order valence-corrected chi connectivity index (χ0v) is 11.8. The van der Waals surface area contributed by atoms with Crippen LogP contribution in [0, 0.1) is 0 Å². The Morgan fingerprint density at radius 1 is 0.941 bits per heavy atom. The number of hydrogen-bond donors (Lipinski definition) is 0. The van der Waals surface area contributed by atoms with Gasteiger partial charge in [-0.15, -0.1) is 0 Å². The van der Waals surface area contributed by atoms with Gasteiger partial charge in [0.05, 0.1) is 14.2 Å². The van der Waals surface area contributed by atoms with Crippen molar-refractivity contribution < 1.29 is 65.8 Å². The topological polar surface area (TPSA) is 134 Å². The first kappa shape index (κ1) is 29.8. The Kier molecular flexibility index (Phi) is 51.5. The number of carbonyl (C=O) groups is 2. The fourth-order valence-electron chi connectivity index (χ4n) is 0.0295. The largest absolute Gasteiger partial charge is 2.00 e. The minimum absolute atomic E-state index is 0. The third-order valence-corrected chi connectivity index (χ3v) is 0.515. The van der Waals surface area contributed by atoms with Crippen molar-refractivity contribution in [3.63, 3.8) is 0 Å². The Labute approximate surface area is 123 Å². The van der Waals surface area contributed by atoms with Crippen molar-refractivity contribution in [1.29, 1.82) is 0 Å². The molecule has 0 saturated carbocycles. The molecule has 94 valence electrons. The van der Waals surface area contributed by atoms with E-state index in [1.165, 1.54) is 12.6 Å². The number of nitrogens with one attached hydrogen (secondary N) is 2. The molecule has 0 heterocycles. The molecule has 10 heteroatoms. The number of ether oxygens (including phenoxy) is 2. The van der Waals surface area contributed by atoms with E-state index in [9.17, 15) is 9.59 Å². The molecule has 0 bridgehead atoms. The van der Waals surface area contributed by atoms with Crippen LogP contribution in [0.3, 0.4) is 0 Å². The van der Waals surface area contributed by atoms with Crippen molar-refractivity contribution in [1.82, 2.24) is 0 Å². The minimum atomic E-state index is -0.995. The summed E-state index contributed by atoms with van der Waals surface area (Å²) in [4.78, 5) is 36.5. The van der Waals surface area contributed by atoms with Gasteiger partial charge in [0, 0.05) is 0 Å². The Balaban J connectivity index is -0.0000000400. The first-order valence-electron chi connectivity index (χ1n) is 3.25. The summed E-state index contributed by atoms with van der Waals surface area (Å²) in [6, 6.07) is 0. The van der Waals surface area contributed by atoms with Gasteiger partial charge in [0.25, 0.3) is 0 Å². The number of methoxy groups -OCH3 is 2. The second-order valence-corrected chi connectivity index (χ2v) is 1.45. The van der Waals surface area contributed by atoms with Crippen molar-refractivity contribution in [2.45, 2.75) is 6.42 Å². The van der Waals surface area contributed by atoms with Crippen LogP contribution in [0.2, 0.25) is 0 Å². The first-order chi connectivity index (χ1) is 6.95. The van der Waals surface area contributed by atoms with Crippen LogP contribution in [0.1, 0.15) is 6.42 Å². The molecule has 0 unspecified atom stereocenters. The van der Waals surface area contributed by atoms with Crippen molar-refractivity contribution in [2.24, 2.45) is 0 Å². The summed E-state index contributed by atoms with van der Waals surface area (Å²) < 4.78 is 7.56. The van der Waals surface area contributed by atoms with Gasteiger partial charge in [-0.05, 0) is 0 Å². The first-order valence-corrected chi connectivity index (χ1v) is 3.25. The van der Waals surface area contributed by atoms with Gasteiger partial charge in [-0.1, -0.05) is 0 Å². The molecule has 0 aromatic heterocycles. The van der Waals surface area contributed by atoms with E-state index < -0.39 is 12.2 Å². The molecule has 8 nitrogen and oxygen atoms in total. The van der Waals surface area contributed by atoms with E-state index >= 15 is 0 Å². The van der Waals surface area contributed by atoms with Gasteiger partial charge in [-0.25, -0.2) is 0 Å². The molecule has 2 amide bonds. The summed E-state index contributed by atoms with van der Waals surface area (Å²) in [6.45, 7) is 0. The third kappa shape index (κ3) is 101. The van der Waals surface area contributed by atoms with E-state index in [1.807, 2.05) is 0 Å². The van der Waals surface area contributed by atoms with Crippen molar-refractivity contribution in [3.05, 3.63) is 11.5 Å². The van der Waals surface area contributed by atoms with Gasteiger partial charge in [-0.3, -0.25) is 28.6 Å². The van der Waals surface area contributed by atoms with E-state index in [0.29, 0.717) is 0 Å². The fourth-order valence-corrected chi connectivity index (χ4v) is 0.0295. The molecule has 0 atom stereocenters. The van der Waals surface area contributed by atoms with Crippen LogP contribution < -0.4 is 0 Å². The van der Waals surface area contributed by atoms with Crippen molar-refractivity contribution >= 4 is 24.8 Å². The molecule has 0 aliphatic heterocycles. The van der Waals surface area contributed by atoms with Crippen LogP contribution in [-0.4, -0.2) is 39.0 Å². The van der Waals surface area contributed by atoms with Crippen LogP contribution in [0.15, 0.2) is 0 Å². The van der Waals surface area contributed by atoms with Gasteiger partial charge in [0.2, 0.25) is 12.2 Å². The Bertz CT molecular complexity index is 183. The molecule has 0 fully saturated rings. The van der Waals surface area contributed by atoms with Crippen LogP contribution in [0.4, 0.5) is 9.59 Å². The van der Waals surface area contributed by atoms with Crippen LogP contribution >= 0.6 is 0 Å². The standard InChI is InChI=1S/C3H2O2.2C2H5NO2.2V/c4-2-1-3-5;2*1-5-2(3)4;;/h1H2;2*1H3,(H2,3,4);;/q-2;;;2*+2/p-2. The average Bonchev–Trinajstić information content (AvgIpc) is 2.20. The van der Waals surface area contributed by atoms with Gasteiger partial charge in [0.1, 0.15) is 0 Å². The fraction of sp³-hybridized carbons (Fsp3) is 0.429. The minimum Gasteiger partial charge on any atom is -0.632 e. The Morgan fingerprint density at radius 3 is 1.12 bits per heavy atom. The Hall–Kier alpha value is -0.951. The summed E-state index contributed by atoms with van der Waals surface area (Å²) >= 11 is 0. The summed E-state index contributed by atoms with van der Waals surface area (Å²) in [7, 11) is 2.32. The van der Waals surface area contributed by atoms with E-state index in [0.717, 1.165) is 14.2 Å². The molecule has 0 aromatic rings. The quantitative estimate of drug-likeness (QED) is 0.554. The molecular formula is C7H10N2O6V2. The van der Waals surface area contributed by atoms with E-state index in [-0.39, 0.29) is 43.5 Å². The number of rotatable bonds is 2. The van der Waals surface area contributed by atoms with E-state index in [4.69, 9.17) is 21.1 Å². The van der Waals surface area contributed by atoms with Crippen LogP contribution in [-0.2, 0) is 56.2 Å². The second-order valence-electron chi connectivity index (χ2n) is 1.45. The zero-order chi connectivity index (χ0) is 12.7. The Morgan fingerprint density at radius 2 is 1.12 bits per heavy atom. The molecule has 0 spiro atoms. The molecule has 17 heavy (non-hydrogen) atoms. The smallest absolute Gasteiger partial charge is 0.632 e. The normalized spacial score (nSPS) is 5.76. The average molecular weight is 320 g/mol. The predicted octanol–water partition coefficient (Wildman–Crippen LogP) is 1.20. The summed E-state index contributed by atoms with van der Waals surface area (Å²) in [5, 5.41) is 0. The molecule has 0 aromatic carbocycles. The summed E-state index contributed by atoms with van der Waals surface area (Å²) in [5.41, 5.74) is 11.9. The van der Waals surface area contributed by atoms with Gasteiger partial charge < -0.3 is 30.5 Å². The number of hydrogen-bond acceptors (Lipinski definition) is 6. The molecule has 0 aliphatic carbocycles. The molecule has 2 radical (unpaired) electrons. The monoisotopic (exact) mass is 320 g/mol. The number of carbonyl (C=O) groups excluding carboxylic acids is 4. The molecule has 2 N–H and O–H groups in total.